The van der Waals surface area contributed by atoms with Gasteiger partial charge in [0.2, 0.25) is 5.95 Å². The summed E-state index contributed by atoms with van der Waals surface area (Å²) in [6.45, 7) is 1.58. The minimum atomic E-state index is -0.454. The molecule has 0 fully saturated rings. The van der Waals surface area contributed by atoms with E-state index in [0.717, 1.165) is 11.7 Å². The van der Waals surface area contributed by atoms with Crippen molar-refractivity contribution in [1.82, 2.24) is 8.75 Å². The Bertz CT molecular complexity index is 145. The third-order valence-electron chi connectivity index (χ3n) is 0.597. The van der Waals surface area contributed by atoms with Crippen LogP contribution in [0.15, 0.2) is 0 Å². The van der Waals surface area contributed by atoms with E-state index in [-0.39, 0.29) is 0 Å². The number of aromatic nitrogens is 2. The number of hydrogen-bond donors (Lipinski definition) is 0. The van der Waals surface area contributed by atoms with E-state index in [1.807, 2.05) is 0 Å². The van der Waals surface area contributed by atoms with Crippen molar-refractivity contribution < 1.29 is 4.39 Å². The van der Waals surface area contributed by atoms with E-state index >= 15 is 0 Å². The van der Waals surface area contributed by atoms with E-state index in [1.165, 1.54) is 0 Å². The van der Waals surface area contributed by atoms with Gasteiger partial charge >= 0.3 is 0 Å². The van der Waals surface area contributed by atoms with Gasteiger partial charge in [0.25, 0.3) is 0 Å². The average Bonchev–Trinajstić information content (AvgIpc) is 1.91. The summed E-state index contributed by atoms with van der Waals surface area (Å²) >= 11 is 0.891. The van der Waals surface area contributed by atoms with Crippen molar-refractivity contribution in [2.24, 2.45) is 0 Å². The third-order valence-corrected chi connectivity index (χ3v) is 1.19. The smallest absolute Gasteiger partial charge is 0.182 e. The molecule has 0 amide bonds. The predicted octanol–water partition coefficient (Wildman–Crippen LogP) is 0.986. The van der Waals surface area contributed by atoms with E-state index in [2.05, 4.69) is 8.75 Å². The Morgan fingerprint density at radius 3 is 2.43 bits per heavy atom. The van der Waals surface area contributed by atoms with Gasteiger partial charge in [-0.2, -0.15) is 8.76 Å². The maximum atomic E-state index is 11.9. The lowest BCUT2D eigenvalue weighted by molar-refractivity contribution is 0.585. The molecule has 0 aliphatic carbocycles. The molecule has 1 rings (SSSR count). The van der Waals surface area contributed by atoms with Crippen LogP contribution in [0.5, 0.6) is 0 Å². The van der Waals surface area contributed by atoms with Crippen LogP contribution in [0, 0.1) is 12.9 Å². The molecule has 0 aliphatic rings. The topological polar surface area (TPSA) is 25.8 Å². The van der Waals surface area contributed by atoms with Gasteiger partial charge in [-0.25, -0.2) is 0 Å². The predicted molar refractivity (Wildman–Crippen MR) is 24.6 cm³/mol. The fraction of sp³-hybridized carbons (Fsp3) is 0.333. The van der Waals surface area contributed by atoms with Gasteiger partial charge in [0, 0.05) is 0 Å². The lowest BCUT2D eigenvalue weighted by Gasteiger charge is -1.70. The van der Waals surface area contributed by atoms with Crippen molar-refractivity contribution >= 4 is 11.7 Å². The Hall–Kier alpha value is -0.510. The first-order chi connectivity index (χ1) is 3.30. The second-order valence-electron chi connectivity index (χ2n) is 1.14. The van der Waals surface area contributed by atoms with E-state index < -0.39 is 5.95 Å². The molecule has 0 unspecified atom stereocenters. The average molecular weight is 118 g/mol. The monoisotopic (exact) mass is 118 g/mol. The molecule has 1 aromatic heterocycles. The molecule has 0 bridgehead atoms. The molecule has 0 atom stereocenters. The van der Waals surface area contributed by atoms with E-state index in [9.17, 15) is 4.39 Å². The minimum Gasteiger partial charge on any atom is -0.182 e. The maximum absolute atomic E-state index is 11.9. The van der Waals surface area contributed by atoms with E-state index in [1.54, 1.807) is 6.92 Å². The zero-order valence-corrected chi connectivity index (χ0v) is 4.50. The van der Waals surface area contributed by atoms with E-state index in [0.29, 0.717) is 5.69 Å². The fourth-order valence-electron chi connectivity index (χ4n) is 0.221. The van der Waals surface area contributed by atoms with Gasteiger partial charge in [-0.15, -0.1) is 4.37 Å². The molecular weight excluding hydrogens is 115 g/mol. The van der Waals surface area contributed by atoms with Crippen LogP contribution in [0.4, 0.5) is 4.39 Å². The molecule has 4 heteroatoms. The highest BCUT2D eigenvalue weighted by molar-refractivity contribution is 6.99. The van der Waals surface area contributed by atoms with Gasteiger partial charge in [0.15, 0.2) is 0 Å². The molecule has 1 heterocycles. The van der Waals surface area contributed by atoms with Crippen LogP contribution in [-0.2, 0) is 0 Å². The first kappa shape index (κ1) is 4.64. The number of aryl methyl sites for hydroxylation is 1. The zero-order valence-electron chi connectivity index (χ0n) is 3.68. The number of rotatable bonds is 0. The van der Waals surface area contributed by atoms with Gasteiger partial charge < -0.3 is 0 Å². The molecule has 0 spiro atoms. The molecule has 0 aliphatic heterocycles. The summed E-state index contributed by atoms with van der Waals surface area (Å²) in [6.07, 6.45) is 0. The molecule has 0 aromatic carbocycles. The van der Waals surface area contributed by atoms with Crippen molar-refractivity contribution in [2.75, 3.05) is 0 Å². The molecule has 7 heavy (non-hydrogen) atoms. The Kier molecular flexibility index (Phi) is 1.02. The number of hydrogen-bond acceptors (Lipinski definition) is 3. The normalized spacial score (nSPS) is 9.43. The highest BCUT2D eigenvalue weighted by atomic mass is 32.1. The molecule has 38 valence electrons. The van der Waals surface area contributed by atoms with Crippen LogP contribution in [0.3, 0.4) is 0 Å². The van der Waals surface area contributed by atoms with Crippen LogP contribution in [-0.4, -0.2) is 8.75 Å². The Balaban J connectivity index is 3.12. The van der Waals surface area contributed by atoms with Gasteiger partial charge in [0.05, 0.1) is 11.7 Å². The van der Waals surface area contributed by atoms with Crippen molar-refractivity contribution in [1.29, 1.82) is 0 Å². The van der Waals surface area contributed by atoms with Crippen LogP contribution in [0.25, 0.3) is 0 Å². The molecule has 0 saturated carbocycles. The molecular formula is C3H3FN2S. The summed E-state index contributed by atoms with van der Waals surface area (Å²) in [5, 5.41) is 0. The van der Waals surface area contributed by atoms with Crippen LogP contribution < -0.4 is 0 Å². The standard InChI is InChI=1S/C3H3FN2S/c1-2-3(4)6-7-5-2/h1H3. The molecule has 2 nitrogen and oxygen atoms in total. The van der Waals surface area contributed by atoms with Crippen LogP contribution in [0.1, 0.15) is 5.69 Å². The van der Waals surface area contributed by atoms with Gasteiger partial charge in [-0.05, 0) is 6.92 Å². The summed E-state index contributed by atoms with van der Waals surface area (Å²) in [6, 6.07) is 0. The molecule has 0 saturated heterocycles. The van der Waals surface area contributed by atoms with Crippen molar-refractivity contribution in [3.05, 3.63) is 11.6 Å². The summed E-state index contributed by atoms with van der Waals surface area (Å²) < 4.78 is 18.8. The Morgan fingerprint density at radius 2 is 2.29 bits per heavy atom. The Labute approximate surface area is 44.3 Å². The van der Waals surface area contributed by atoms with Gasteiger partial charge in [-0.1, -0.05) is 0 Å². The van der Waals surface area contributed by atoms with Crippen molar-refractivity contribution in [3.8, 4) is 0 Å². The summed E-state index contributed by atoms with van der Waals surface area (Å²) in [4.78, 5) is 0. The quantitative estimate of drug-likeness (QED) is 0.507. The highest BCUT2D eigenvalue weighted by Crippen LogP contribution is 1.98. The summed E-state index contributed by atoms with van der Waals surface area (Å²) in [5.41, 5.74) is 0.380. The number of halogens is 1. The first-order valence-corrected chi connectivity index (χ1v) is 2.48. The Morgan fingerprint density at radius 1 is 1.57 bits per heavy atom. The lowest BCUT2D eigenvalue weighted by Crippen LogP contribution is -1.73. The second kappa shape index (κ2) is 1.54. The zero-order chi connectivity index (χ0) is 5.28. The molecule has 0 N–H and O–H groups in total. The van der Waals surface area contributed by atoms with E-state index in [4.69, 9.17) is 0 Å². The van der Waals surface area contributed by atoms with Crippen molar-refractivity contribution in [3.63, 3.8) is 0 Å². The van der Waals surface area contributed by atoms with Gasteiger partial charge in [0.1, 0.15) is 5.69 Å². The first-order valence-electron chi connectivity index (χ1n) is 1.75. The van der Waals surface area contributed by atoms with Gasteiger partial charge in [-0.3, -0.25) is 0 Å². The van der Waals surface area contributed by atoms with Crippen LogP contribution >= 0.6 is 11.7 Å². The lowest BCUT2D eigenvalue weighted by atomic mass is 10.6. The third kappa shape index (κ3) is 0.742. The summed E-state index contributed by atoms with van der Waals surface area (Å²) in [5.74, 6) is -0.454. The number of nitrogens with zero attached hydrogens (tertiary/aromatic N) is 2. The fourth-order valence-corrected chi connectivity index (χ4v) is 0.664. The SMILES string of the molecule is Cc1nsnc1F. The maximum Gasteiger partial charge on any atom is 0.247 e. The minimum absolute atomic E-state index is 0.380. The second-order valence-corrected chi connectivity index (χ2v) is 1.67. The molecule has 0 radical (unpaired) electrons. The molecule has 1 aromatic rings. The summed E-state index contributed by atoms with van der Waals surface area (Å²) in [7, 11) is 0. The van der Waals surface area contributed by atoms with Crippen molar-refractivity contribution in [2.45, 2.75) is 6.92 Å². The van der Waals surface area contributed by atoms with Crippen LogP contribution in [0.2, 0.25) is 0 Å². The highest BCUT2D eigenvalue weighted by Gasteiger charge is 1.96. The largest absolute Gasteiger partial charge is 0.247 e.